The van der Waals surface area contributed by atoms with Crippen molar-refractivity contribution in [2.24, 2.45) is 5.84 Å². The number of hydrogen-bond donors (Lipinski definition) is 3. The number of nitrogens with one attached hydrogen (secondary N) is 1. The summed E-state index contributed by atoms with van der Waals surface area (Å²) in [7, 11) is -0.181. The number of rotatable bonds is 2. The lowest BCUT2D eigenvalue weighted by Gasteiger charge is -1.81. The van der Waals surface area contributed by atoms with Gasteiger partial charge in [-0.2, -0.15) is 0 Å². The lowest BCUT2D eigenvalue weighted by atomic mass is 9.98. The summed E-state index contributed by atoms with van der Waals surface area (Å²) in [5.41, 5.74) is 0. The lowest BCUT2D eigenvalue weighted by molar-refractivity contribution is 0.219. The van der Waals surface area contributed by atoms with E-state index in [1.54, 1.807) is 0 Å². The summed E-state index contributed by atoms with van der Waals surface area (Å²) in [6.07, 6.45) is 0. The Bertz CT molecular complexity index is 55.5. The lowest BCUT2D eigenvalue weighted by Crippen LogP contribution is -2.31. The topological polar surface area (TPSA) is 75.3 Å². The summed E-state index contributed by atoms with van der Waals surface area (Å²) in [5.74, 6) is 3.65. The molecule has 4 nitrogen and oxygen atoms in total. The zero-order chi connectivity index (χ0) is 4.99. The van der Waals surface area contributed by atoms with Crippen LogP contribution >= 0.6 is 0 Å². The fourth-order valence-electron chi connectivity index (χ4n) is 0.0873. The van der Waals surface area contributed by atoms with Crippen LogP contribution in [0.5, 0.6) is 0 Å². The first-order chi connectivity index (χ1) is 2.77. The summed E-state index contributed by atoms with van der Waals surface area (Å²) in [5, 5.41) is 9.74. The smallest absolute Gasteiger partial charge is 0.351 e. The van der Waals surface area contributed by atoms with E-state index in [0.29, 0.717) is 0 Å². The second kappa shape index (κ2) is 2.68. The minimum Gasteiger partial charge on any atom is -0.488 e. The van der Waals surface area contributed by atoms with Crippen molar-refractivity contribution in [2.45, 2.75) is 0 Å². The molecule has 0 spiro atoms. The van der Waals surface area contributed by atoms with Crippen LogP contribution in [0.4, 0.5) is 4.79 Å². The van der Waals surface area contributed by atoms with Gasteiger partial charge in [0.2, 0.25) is 0 Å². The Morgan fingerprint density at radius 3 is 2.50 bits per heavy atom. The van der Waals surface area contributed by atoms with Crippen molar-refractivity contribution >= 4 is 13.3 Å². The minimum absolute atomic E-state index is 0.181. The highest BCUT2D eigenvalue weighted by atomic mass is 16.4. The molecule has 34 valence electrons. The molecule has 0 aliphatic rings. The van der Waals surface area contributed by atoms with Crippen LogP contribution in [0, 0.1) is 0 Å². The van der Waals surface area contributed by atoms with E-state index in [9.17, 15) is 4.79 Å². The summed E-state index contributed by atoms with van der Waals surface area (Å²) < 4.78 is 0. The summed E-state index contributed by atoms with van der Waals surface area (Å²) in [6, 6.07) is 0. The van der Waals surface area contributed by atoms with Crippen molar-refractivity contribution < 1.29 is 9.90 Å². The largest absolute Gasteiger partial charge is 0.488 e. The number of hydrazine groups is 1. The van der Waals surface area contributed by atoms with Crippen LogP contribution in [0.2, 0.25) is 0 Å². The molecule has 6 heavy (non-hydrogen) atoms. The zero-order valence-electron chi connectivity index (χ0n) is 3.14. The van der Waals surface area contributed by atoms with E-state index >= 15 is 0 Å². The highest BCUT2D eigenvalue weighted by molar-refractivity contribution is 6.69. The van der Waals surface area contributed by atoms with Crippen molar-refractivity contribution in [1.82, 2.24) is 5.34 Å². The Balaban J connectivity index is 2.83. The molecule has 0 unspecified atom stereocenters. The Labute approximate surface area is 35.6 Å². The highest BCUT2D eigenvalue weighted by Crippen LogP contribution is 1.51. The number of carbonyl (C=O) groups is 1. The van der Waals surface area contributed by atoms with Gasteiger partial charge in [-0.15, -0.1) is 0 Å². The van der Waals surface area contributed by atoms with Crippen molar-refractivity contribution in [2.75, 3.05) is 0 Å². The van der Waals surface area contributed by atoms with Gasteiger partial charge in [0, 0.05) is 0 Å². The minimum atomic E-state index is -0.947. The molecule has 0 saturated heterocycles. The molecular formula is CH5BN2O2. The summed E-state index contributed by atoms with van der Waals surface area (Å²) in [6.45, 7) is 0. The number of carboxylic acid groups (broad SMARTS) is 1. The van der Waals surface area contributed by atoms with E-state index in [2.05, 4.69) is 5.84 Å². The third-order valence-corrected chi connectivity index (χ3v) is 0.253. The molecule has 5 heteroatoms. The van der Waals surface area contributed by atoms with Gasteiger partial charge in [0.25, 0.3) is 5.87 Å². The van der Waals surface area contributed by atoms with Gasteiger partial charge < -0.3 is 5.11 Å². The number of nitrogens with two attached hydrogens (primary N) is 1. The second-order valence-corrected chi connectivity index (χ2v) is 0.775. The van der Waals surface area contributed by atoms with Gasteiger partial charge in [-0.3, -0.25) is 16.0 Å². The van der Waals surface area contributed by atoms with Gasteiger partial charge in [-0.25, -0.2) is 0 Å². The molecular weight excluding hydrogens is 82.8 g/mol. The third-order valence-electron chi connectivity index (χ3n) is 0.253. The van der Waals surface area contributed by atoms with Gasteiger partial charge >= 0.3 is 7.41 Å². The van der Waals surface area contributed by atoms with E-state index < -0.39 is 5.87 Å². The predicted molar refractivity (Wildman–Crippen MR) is 22.5 cm³/mol. The Morgan fingerprint density at radius 1 is 2.00 bits per heavy atom. The average molecular weight is 87.9 g/mol. The molecule has 0 aliphatic heterocycles. The molecule has 0 bridgehead atoms. The third kappa shape index (κ3) is 3.45. The Kier molecular flexibility index (Phi) is 2.44. The van der Waals surface area contributed by atoms with Gasteiger partial charge in [0.05, 0.1) is 0 Å². The van der Waals surface area contributed by atoms with E-state index in [0.717, 1.165) is 0 Å². The fourth-order valence-corrected chi connectivity index (χ4v) is 0.0873. The molecule has 0 aromatic carbocycles. The molecule has 0 aliphatic carbocycles. The number of hydrogen-bond acceptors (Lipinski definition) is 3. The van der Waals surface area contributed by atoms with Crippen LogP contribution in [0.1, 0.15) is 0 Å². The van der Waals surface area contributed by atoms with Gasteiger partial charge in [0.1, 0.15) is 0 Å². The first-order valence-corrected chi connectivity index (χ1v) is 1.42. The zero-order valence-corrected chi connectivity index (χ0v) is 3.14. The summed E-state index contributed by atoms with van der Waals surface area (Å²) in [4.78, 5) is 9.46. The molecule has 0 rings (SSSR count). The molecule has 0 saturated carbocycles. The van der Waals surface area contributed by atoms with Gasteiger partial charge in [0.15, 0.2) is 0 Å². The van der Waals surface area contributed by atoms with Crippen LogP contribution in [-0.4, -0.2) is 18.4 Å². The first-order valence-electron chi connectivity index (χ1n) is 1.42. The average Bonchev–Trinajstić information content (AvgIpc) is 1.35. The monoisotopic (exact) mass is 88.0 g/mol. The highest BCUT2D eigenvalue weighted by Gasteiger charge is 1.92. The van der Waals surface area contributed by atoms with Gasteiger partial charge in [-0.1, -0.05) is 0 Å². The molecule has 0 heterocycles. The molecule has 0 radical (unpaired) electrons. The molecule has 4 N–H and O–H groups in total. The van der Waals surface area contributed by atoms with E-state index in [1.807, 2.05) is 5.34 Å². The van der Waals surface area contributed by atoms with Crippen molar-refractivity contribution in [1.29, 1.82) is 0 Å². The van der Waals surface area contributed by atoms with Crippen LogP contribution in [0.3, 0.4) is 0 Å². The maximum Gasteiger partial charge on any atom is 0.351 e. The van der Waals surface area contributed by atoms with Crippen molar-refractivity contribution in [3.05, 3.63) is 0 Å². The maximum absolute atomic E-state index is 9.46. The van der Waals surface area contributed by atoms with Crippen molar-refractivity contribution in [3.8, 4) is 0 Å². The maximum atomic E-state index is 9.46. The fraction of sp³-hybridized carbons (Fsp3) is 0. The molecule has 0 aromatic heterocycles. The second-order valence-electron chi connectivity index (χ2n) is 0.775. The van der Waals surface area contributed by atoms with Crippen LogP contribution in [0.25, 0.3) is 0 Å². The first kappa shape index (κ1) is 5.45. The quantitative estimate of drug-likeness (QED) is 0.217. The molecule has 0 fully saturated rings. The van der Waals surface area contributed by atoms with Crippen LogP contribution < -0.4 is 11.2 Å². The van der Waals surface area contributed by atoms with Gasteiger partial charge in [-0.05, 0) is 0 Å². The predicted octanol–water partition coefficient (Wildman–Crippen LogP) is -1.52. The normalized spacial score (nSPS) is 7.50. The van der Waals surface area contributed by atoms with E-state index in [1.165, 1.54) is 0 Å². The van der Waals surface area contributed by atoms with Crippen molar-refractivity contribution in [3.63, 3.8) is 0 Å². The Hall–Kier alpha value is -0.545. The standard InChI is InChI=1S/CH5BN2O2/c3-4-2-1(5)6/h2,4H,3H2,(H,5,6). The SMILES string of the molecule is NNBC(=O)O. The molecule has 0 aromatic rings. The molecule has 0 amide bonds. The summed E-state index contributed by atoms with van der Waals surface area (Å²) >= 11 is 0. The van der Waals surface area contributed by atoms with Crippen LogP contribution in [-0.2, 0) is 0 Å². The Morgan fingerprint density at radius 2 is 2.50 bits per heavy atom. The van der Waals surface area contributed by atoms with Crippen LogP contribution in [0.15, 0.2) is 0 Å². The molecule has 0 atom stereocenters. The van der Waals surface area contributed by atoms with E-state index in [-0.39, 0.29) is 7.41 Å². The van der Waals surface area contributed by atoms with E-state index in [4.69, 9.17) is 5.11 Å².